The molecule has 0 N–H and O–H groups in total. The van der Waals surface area contributed by atoms with Crippen molar-refractivity contribution in [3.8, 4) is 0 Å². The Kier molecular flexibility index (Phi) is 3.85. The number of hydrogen-bond acceptors (Lipinski definition) is 5. The van der Waals surface area contributed by atoms with E-state index in [0.717, 1.165) is 50.0 Å². The van der Waals surface area contributed by atoms with Crippen LogP contribution in [0, 0.1) is 6.92 Å². The molecular weight excluding hydrogens is 324 g/mol. The molecule has 1 aliphatic heterocycles. The van der Waals surface area contributed by atoms with Gasteiger partial charge in [0.1, 0.15) is 5.82 Å². The predicted octanol–water partition coefficient (Wildman–Crippen LogP) is 2.63. The average Bonchev–Trinajstić information content (AvgIpc) is 3.42. The number of nitrogens with zero attached hydrogens (tertiary/aromatic N) is 6. The van der Waals surface area contributed by atoms with Crippen LogP contribution in [0.4, 0.5) is 5.82 Å². The first-order valence-electron chi connectivity index (χ1n) is 9.51. The van der Waals surface area contributed by atoms with Crippen LogP contribution in [0.3, 0.4) is 0 Å². The molecule has 2 aromatic heterocycles. The highest BCUT2D eigenvalue weighted by Crippen LogP contribution is 2.39. The molecule has 26 heavy (non-hydrogen) atoms. The van der Waals surface area contributed by atoms with Gasteiger partial charge in [-0.1, -0.05) is 24.3 Å². The second kappa shape index (κ2) is 6.36. The molecule has 5 rings (SSSR count). The van der Waals surface area contributed by atoms with Crippen LogP contribution >= 0.6 is 0 Å². The Bertz CT molecular complexity index is 921. The van der Waals surface area contributed by atoms with Gasteiger partial charge in [-0.3, -0.25) is 9.30 Å². The highest BCUT2D eigenvalue weighted by Gasteiger charge is 2.30. The Morgan fingerprint density at radius 1 is 1.04 bits per heavy atom. The normalized spacial score (nSPS) is 18.6. The average molecular weight is 348 g/mol. The van der Waals surface area contributed by atoms with Crippen LogP contribution in [0.15, 0.2) is 36.7 Å². The molecule has 0 amide bonds. The molecule has 1 saturated carbocycles. The van der Waals surface area contributed by atoms with Crippen LogP contribution in [0.5, 0.6) is 0 Å². The maximum atomic E-state index is 4.63. The molecule has 3 heterocycles. The minimum absolute atomic E-state index is 0.589. The van der Waals surface area contributed by atoms with E-state index in [-0.39, 0.29) is 0 Å². The molecule has 1 saturated heterocycles. The van der Waals surface area contributed by atoms with E-state index in [4.69, 9.17) is 0 Å². The predicted molar refractivity (Wildman–Crippen MR) is 101 cm³/mol. The van der Waals surface area contributed by atoms with Crippen LogP contribution in [-0.2, 0) is 6.54 Å². The van der Waals surface area contributed by atoms with Gasteiger partial charge in [-0.2, -0.15) is 0 Å². The van der Waals surface area contributed by atoms with Crippen molar-refractivity contribution in [2.75, 3.05) is 31.1 Å². The highest BCUT2D eigenvalue weighted by atomic mass is 15.3. The largest absolute Gasteiger partial charge is 0.351 e. The van der Waals surface area contributed by atoms with Crippen LogP contribution in [0.1, 0.15) is 35.7 Å². The second-order valence-electron chi connectivity index (χ2n) is 7.47. The smallest absolute Gasteiger partial charge is 0.203 e. The Hall–Kier alpha value is -2.47. The lowest BCUT2D eigenvalue weighted by atomic mass is 10.1. The van der Waals surface area contributed by atoms with Crippen molar-refractivity contribution in [2.45, 2.75) is 32.2 Å². The van der Waals surface area contributed by atoms with E-state index in [9.17, 15) is 0 Å². The Balaban J connectivity index is 1.31. The van der Waals surface area contributed by atoms with Crippen molar-refractivity contribution in [2.24, 2.45) is 0 Å². The minimum Gasteiger partial charge on any atom is -0.351 e. The Labute approximate surface area is 153 Å². The number of aromatic nitrogens is 4. The molecule has 2 aliphatic rings. The zero-order valence-corrected chi connectivity index (χ0v) is 15.2. The first kappa shape index (κ1) is 15.8. The van der Waals surface area contributed by atoms with Gasteiger partial charge in [-0.15, -0.1) is 10.2 Å². The van der Waals surface area contributed by atoms with E-state index in [2.05, 4.69) is 60.6 Å². The van der Waals surface area contributed by atoms with E-state index >= 15 is 0 Å². The fraction of sp³-hybridized carbons (Fsp3) is 0.450. The van der Waals surface area contributed by atoms with Crippen molar-refractivity contribution >= 4 is 11.5 Å². The SMILES string of the molecule is Cc1ccccc1CN1CCN(c2nccn3c(C4CC4)nnc23)CC1. The molecule has 6 heteroatoms. The lowest BCUT2D eigenvalue weighted by Crippen LogP contribution is -2.46. The molecule has 0 spiro atoms. The van der Waals surface area contributed by atoms with E-state index in [1.807, 2.05) is 12.4 Å². The van der Waals surface area contributed by atoms with E-state index in [1.165, 1.54) is 24.0 Å². The lowest BCUT2D eigenvalue weighted by Gasteiger charge is -2.35. The van der Waals surface area contributed by atoms with Crippen LogP contribution < -0.4 is 4.90 Å². The van der Waals surface area contributed by atoms with E-state index in [0.29, 0.717) is 5.92 Å². The number of rotatable bonds is 4. The van der Waals surface area contributed by atoms with E-state index < -0.39 is 0 Å². The third kappa shape index (κ3) is 2.84. The molecule has 134 valence electrons. The first-order valence-corrected chi connectivity index (χ1v) is 9.51. The number of hydrogen-bond donors (Lipinski definition) is 0. The fourth-order valence-corrected chi connectivity index (χ4v) is 3.82. The summed E-state index contributed by atoms with van der Waals surface area (Å²) in [6, 6.07) is 8.67. The second-order valence-corrected chi connectivity index (χ2v) is 7.47. The summed E-state index contributed by atoms with van der Waals surface area (Å²) in [5.41, 5.74) is 3.70. The molecule has 1 aromatic carbocycles. The number of aryl methyl sites for hydroxylation is 1. The summed E-state index contributed by atoms with van der Waals surface area (Å²) in [5.74, 6) is 2.66. The summed E-state index contributed by atoms with van der Waals surface area (Å²) in [4.78, 5) is 9.51. The topological polar surface area (TPSA) is 49.6 Å². The van der Waals surface area contributed by atoms with Gasteiger partial charge in [0, 0.05) is 51.0 Å². The van der Waals surface area contributed by atoms with Gasteiger partial charge in [-0.25, -0.2) is 4.98 Å². The standard InChI is InChI=1S/C20H24N6/c1-15-4-2-3-5-17(15)14-24-10-12-25(13-11-24)19-20-23-22-18(16-6-7-16)26(20)9-8-21-19/h2-5,8-9,16H,6-7,10-14H2,1H3. The Morgan fingerprint density at radius 2 is 1.85 bits per heavy atom. The molecule has 6 nitrogen and oxygen atoms in total. The van der Waals surface area contributed by atoms with Gasteiger partial charge in [0.15, 0.2) is 5.82 Å². The molecule has 3 aromatic rings. The van der Waals surface area contributed by atoms with Crippen molar-refractivity contribution in [3.63, 3.8) is 0 Å². The third-order valence-corrected chi connectivity index (χ3v) is 5.60. The number of benzene rings is 1. The molecule has 0 atom stereocenters. The molecule has 1 aliphatic carbocycles. The Morgan fingerprint density at radius 3 is 2.62 bits per heavy atom. The number of piperazine rings is 1. The summed E-state index contributed by atoms with van der Waals surface area (Å²) >= 11 is 0. The van der Waals surface area contributed by atoms with Crippen LogP contribution in [0.25, 0.3) is 5.65 Å². The van der Waals surface area contributed by atoms with Crippen molar-refractivity contribution < 1.29 is 0 Å². The summed E-state index contributed by atoms with van der Waals surface area (Å²) in [6.45, 7) is 7.25. The molecule has 0 bridgehead atoms. The van der Waals surface area contributed by atoms with E-state index in [1.54, 1.807) is 0 Å². The minimum atomic E-state index is 0.589. The van der Waals surface area contributed by atoms with Gasteiger partial charge in [0.2, 0.25) is 5.65 Å². The number of anilines is 1. The van der Waals surface area contributed by atoms with Crippen molar-refractivity contribution in [1.29, 1.82) is 0 Å². The third-order valence-electron chi connectivity index (χ3n) is 5.60. The zero-order valence-electron chi connectivity index (χ0n) is 15.2. The summed E-state index contributed by atoms with van der Waals surface area (Å²) in [6.07, 6.45) is 6.35. The lowest BCUT2D eigenvalue weighted by molar-refractivity contribution is 0.249. The van der Waals surface area contributed by atoms with Gasteiger partial charge in [0.25, 0.3) is 0 Å². The summed E-state index contributed by atoms with van der Waals surface area (Å²) in [7, 11) is 0. The molecule has 0 unspecified atom stereocenters. The van der Waals surface area contributed by atoms with Crippen LogP contribution in [-0.4, -0.2) is 50.7 Å². The van der Waals surface area contributed by atoms with Gasteiger partial charge >= 0.3 is 0 Å². The monoisotopic (exact) mass is 348 g/mol. The molecular formula is C20H24N6. The van der Waals surface area contributed by atoms with Gasteiger partial charge in [0.05, 0.1) is 0 Å². The zero-order chi connectivity index (χ0) is 17.5. The van der Waals surface area contributed by atoms with Gasteiger partial charge < -0.3 is 4.90 Å². The van der Waals surface area contributed by atoms with Crippen molar-refractivity contribution in [3.05, 3.63) is 53.6 Å². The molecule has 0 radical (unpaired) electrons. The highest BCUT2D eigenvalue weighted by molar-refractivity contribution is 5.64. The quantitative estimate of drug-likeness (QED) is 0.725. The van der Waals surface area contributed by atoms with Crippen molar-refractivity contribution in [1.82, 2.24) is 24.5 Å². The summed E-state index contributed by atoms with van der Waals surface area (Å²) in [5, 5.41) is 8.88. The summed E-state index contributed by atoms with van der Waals surface area (Å²) < 4.78 is 2.14. The fourth-order valence-electron chi connectivity index (χ4n) is 3.82. The number of fused-ring (bicyclic) bond motifs is 1. The first-order chi connectivity index (χ1) is 12.8. The maximum Gasteiger partial charge on any atom is 0.203 e. The van der Waals surface area contributed by atoms with Gasteiger partial charge in [-0.05, 0) is 30.9 Å². The maximum absolute atomic E-state index is 4.63. The molecule has 2 fully saturated rings. The van der Waals surface area contributed by atoms with Crippen LogP contribution in [0.2, 0.25) is 0 Å².